The smallest absolute Gasteiger partial charge is 0.491 e. The van der Waals surface area contributed by atoms with Crippen LogP contribution in [0.15, 0.2) is 39.8 Å². The lowest BCUT2D eigenvalue weighted by molar-refractivity contribution is -0.202. The highest BCUT2D eigenvalue weighted by atomic mass is 79.9. The lowest BCUT2D eigenvalue weighted by Gasteiger charge is -2.20. The lowest BCUT2D eigenvalue weighted by Crippen LogP contribution is -2.39. The Balaban J connectivity index is 1.71. The summed E-state index contributed by atoms with van der Waals surface area (Å²) in [4.78, 5) is 53.1. The number of anilines is 1. The van der Waals surface area contributed by atoms with Gasteiger partial charge >= 0.3 is 18.1 Å². The quantitative estimate of drug-likeness (QED) is 0.201. The van der Waals surface area contributed by atoms with Crippen LogP contribution in [0.25, 0.3) is 0 Å². The molecule has 11 nitrogen and oxygen atoms in total. The molecule has 2 aromatic rings. The Labute approximate surface area is 250 Å². The monoisotopic (exact) mass is 676 g/mol. The van der Waals surface area contributed by atoms with Gasteiger partial charge in [-0.05, 0) is 53.0 Å². The number of amides is 2. The number of halogens is 5. The highest BCUT2D eigenvalue weighted by Crippen LogP contribution is 2.36. The van der Waals surface area contributed by atoms with Crippen LogP contribution in [0.5, 0.6) is 11.5 Å². The number of esters is 2. The number of aliphatic imine (C=N–C) groups is 1. The summed E-state index contributed by atoms with van der Waals surface area (Å²) >= 11 is 9.02. The fraction of sp³-hybridized carbons (Fsp3) is 0.346. The Kier molecular flexibility index (Phi) is 11.2. The van der Waals surface area contributed by atoms with Crippen molar-refractivity contribution >= 4 is 62.8 Å². The van der Waals surface area contributed by atoms with E-state index in [0.29, 0.717) is 24.5 Å². The SMILES string of the molecule is O=C(CNC(=O)c1cc(O)cc(NC2=NCCCCC2)c1)N[C@H](CC(=O)OC(=O)C(F)(F)F)c1cc(Cl)cc(Br)c1O. The summed E-state index contributed by atoms with van der Waals surface area (Å²) < 4.78 is 41.4. The van der Waals surface area contributed by atoms with Crippen molar-refractivity contribution in [2.45, 2.75) is 44.3 Å². The molecule has 5 N–H and O–H groups in total. The number of phenols is 2. The lowest BCUT2D eigenvalue weighted by atomic mass is 10.0. The number of carbonyl (C=O) groups is 4. The minimum Gasteiger partial charge on any atom is -0.508 e. The van der Waals surface area contributed by atoms with E-state index in [0.717, 1.165) is 25.3 Å². The number of carbonyl (C=O) groups excluding carboxylic acids is 4. The van der Waals surface area contributed by atoms with E-state index in [4.69, 9.17) is 11.6 Å². The molecule has 0 fully saturated rings. The molecular weight excluding hydrogens is 653 g/mol. The van der Waals surface area contributed by atoms with Crippen molar-refractivity contribution in [3.8, 4) is 11.5 Å². The van der Waals surface area contributed by atoms with Gasteiger partial charge in [0.1, 0.15) is 17.3 Å². The minimum atomic E-state index is -5.44. The molecule has 0 aromatic heterocycles. The van der Waals surface area contributed by atoms with Gasteiger partial charge in [-0.3, -0.25) is 19.4 Å². The summed E-state index contributed by atoms with van der Waals surface area (Å²) in [5, 5.41) is 28.3. The maximum Gasteiger partial charge on any atom is 0.491 e. The molecular formula is C26H25BrClF3N4O7. The van der Waals surface area contributed by atoms with Gasteiger partial charge < -0.3 is 30.9 Å². The standard InChI is InChI=1S/C26H25BrClF3N4O7/c27-18-9-14(28)8-17(23(18)39)19(11-22(38)42-25(41)26(29,30)31)35-21(37)12-33-24(40)13-6-15(10-16(36)7-13)34-20-4-2-1-3-5-32-20/h6-10,19,36,39H,1-5,11-12H2,(H,32,34)(H,33,40)(H,35,37)/t19-/m1/s1. The molecule has 2 amide bonds. The Morgan fingerprint density at radius 1 is 1.07 bits per heavy atom. The third-order valence-corrected chi connectivity index (χ3v) is 6.65. The van der Waals surface area contributed by atoms with Crippen LogP contribution in [0.2, 0.25) is 5.02 Å². The molecule has 0 bridgehead atoms. The summed E-state index contributed by atoms with van der Waals surface area (Å²) in [6, 6.07) is 4.92. The molecule has 0 spiro atoms. The summed E-state index contributed by atoms with van der Waals surface area (Å²) in [7, 11) is 0. The van der Waals surface area contributed by atoms with Gasteiger partial charge in [0, 0.05) is 40.9 Å². The number of hydrogen-bond acceptors (Lipinski definition) is 9. The van der Waals surface area contributed by atoms with Gasteiger partial charge in [0.15, 0.2) is 0 Å². The number of hydrogen-bond donors (Lipinski definition) is 5. The first-order valence-corrected chi connectivity index (χ1v) is 13.6. The van der Waals surface area contributed by atoms with E-state index in [-0.39, 0.29) is 26.4 Å². The van der Waals surface area contributed by atoms with Gasteiger partial charge in [0.2, 0.25) is 5.91 Å². The molecule has 1 atom stereocenters. The molecule has 3 rings (SSSR count). The van der Waals surface area contributed by atoms with Crippen molar-refractivity contribution in [2.24, 2.45) is 4.99 Å². The van der Waals surface area contributed by atoms with E-state index in [9.17, 15) is 42.6 Å². The van der Waals surface area contributed by atoms with Gasteiger partial charge in [-0.15, -0.1) is 0 Å². The van der Waals surface area contributed by atoms with Crippen LogP contribution in [0.3, 0.4) is 0 Å². The number of ether oxygens (including phenoxy) is 1. The molecule has 226 valence electrons. The molecule has 1 aliphatic rings. The van der Waals surface area contributed by atoms with E-state index in [1.807, 2.05) is 0 Å². The number of benzene rings is 2. The normalized spacial score (nSPS) is 14.2. The van der Waals surface area contributed by atoms with E-state index < -0.39 is 54.7 Å². The van der Waals surface area contributed by atoms with Crippen molar-refractivity contribution in [1.29, 1.82) is 0 Å². The molecule has 1 heterocycles. The summed E-state index contributed by atoms with van der Waals surface area (Å²) in [6.45, 7) is -0.0235. The Morgan fingerprint density at radius 3 is 2.52 bits per heavy atom. The minimum absolute atomic E-state index is 0.00160. The first-order valence-electron chi connectivity index (χ1n) is 12.4. The highest BCUT2D eigenvalue weighted by Gasteiger charge is 2.42. The number of phenolic OH excluding ortho intramolecular Hbond substituents is 2. The molecule has 16 heteroatoms. The predicted octanol–water partition coefficient (Wildman–Crippen LogP) is 4.51. The van der Waals surface area contributed by atoms with Crippen molar-refractivity contribution in [3.63, 3.8) is 0 Å². The first-order chi connectivity index (χ1) is 19.7. The molecule has 2 aromatic carbocycles. The average Bonchev–Trinajstić information content (AvgIpc) is 3.16. The second-order valence-electron chi connectivity index (χ2n) is 9.12. The van der Waals surface area contributed by atoms with E-state index in [2.05, 4.69) is 41.6 Å². The Morgan fingerprint density at radius 2 is 1.81 bits per heavy atom. The molecule has 0 radical (unpaired) electrons. The fourth-order valence-electron chi connectivity index (χ4n) is 3.92. The second kappa shape index (κ2) is 14.4. The van der Waals surface area contributed by atoms with Gasteiger partial charge in [-0.2, -0.15) is 13.2 Å². The Hall–Kier alpha value is -3.85. The van der Waals surface area contributed by atoms with Crippen LogP contribution < -0.4 is 16.0 Å². The largest absolute Gasteiger partial charge is 0.508 e. The molecule has 0 saturated heterocycles. The predicted molar refractivity (Wildman–Crippen MR) is 148 cm³/mol. The average molecular weight is 678 g/mol. The van der Waals surface area contributed by atoms with Gasteiger partial charge in [-0.25, -0.2) is 4.79 Å². The van der Waals surface area contributed by atoms with Gasteiger partial charge in [0.05, 0.1) is 23.5 Å². The van der Waals surface area contributed by atoms with Crippen LogP contribution in [0.4, 0.5) is 18.9 Å². The van der Waals surface area contributed by atoms with Crippen LogP contribution in [0.1, 0.15) is 54.1 Å². The molecule has 1 aliphatic heterocycles. The summed E-state index contributed by atoms with van der Waals surface area (Å²) in [6.07, 6.45) is -2.81. The van der Waals surface area contributed by atoms with Crippen LogP contribution in [-0.4, -0.2) is 59.1 Å². The van der Waals surface area contributed by atoms with Gasteiger partial charge in [-0.1, -0.05) is 18.0 Å². The maximum absolute atomic E-state index is 12.8. The van der Waals surface area contributed by atoms with Crippen LogP contribution in [-0.2, 0) is 19.1 Å². The number of rotatable bonds is 8. The second-order valence-corrected chi connectivity index (χ2v) is 10.4. The van der Waals surface area contributed by atoms with E-state index in [1.165, 1.54) is 24.3 Å². The van der Waals surface area contributed by atoms with E-state index >= 15 is 0 Å². The van der Waals surface area contributed by atoms with Crippen molar-refractivity contribution in [2.75, 3.05) is 18.4 Å². The van der Waals surface area contributed by atoms with E-state index in [1.54, 1.807) is 0 Å². The van der Waals surface area contributed by atoms with Crippen molar-refractivity contribution < 1.29 is 47.3 Å². The maximum atomic E-state index is 12.8. The third-order valence-electron chi connectivity index (χ3n) is 5.83. The number of nitrogens with one attached hydrogen (secondary N) is 3. The summed E-state index contributed by atoms with van der Waals surface area (Å²) in [5.74, 6) is -6.11. The van der Waals surface area contributed by atoms with Crippen molar-refractivity contribution in [3.05, 3.63) is 51.0 Å². The zero-order valence-electron chi connectivity index (χ0n) is 21.7. The third kappa shape index (κ3) is 9.62. The number of nitrogens with zero attached hydrogens (tertiary/aromatic N) is 1. The molecule has 0 saturated carbocycles. The van der Waals surface area contributed by atoms with Crippen LogP contribution in [0, 0.1) is 0 Å². The van der Waals surface area contributed by atoms with Gasteiger partial charge in [0.25, 0.3) is 5.91 Å². The van der Waals surface area contributed by atoms with Crippen molar-refractivity contribution in [1.82, 2.24) is 10.6 Å². The first kappa shape index (κ1) is 32.7. The Bertz CT molecular complexity index is 1400. The van der Waals surface area contributed by atoms with Crippen LogP contribution >= 0.6 is 27.5 Å². The number of alkyl halides is 3. The molecule has 0 unspecified atom stereocenters. The summed E-state index contributed by atoms with van der Waals surface area (Å²) in [5.41, 5.74) is 0.219. The zero-order valence-corrected chi connectivity index (χ0v) is 24.0. The zero-order chi connectivity index (χ0) is 31.0. The molecule has 42 heavy (non-hydrogen) atoms. The number of aromatic hydroxyl groups is 2. The molecule has 0 aliphatic carbocycles. The highest BCUT2D eigenvalue weighted by molar-refractivity contribution is 9.10. The topological polar surface area (TPSA) is 166 Å². The fourth-order valence-corrected chi connectivity index (χ4v) is 4.76. The number of amidine groups is 1.